The number of aliphatic hydroxyl groups excluding tert-OH is 1. The fraction of sp³-hybridized carbons (Fsp3) is 0.571. The highest BCUT2D eigenvalue weighted by atomic mass is 32.2. The SMILES string of the molecule is CC1C(C)[C@@](O)(CS(=O)(=O)c2ccccc2)O[C@H]1C(O)O. The van der Waals surface area contributed by atoms with Crippen molar-refractivity contribution in [3.63, 3.8) is 0 Å². The molecule has 0 radical (unpaired) electrons. The van der Waals surface area contributed by atoms with Gasteiger partial charge in [0.25, 0.3) is 0 Å². The monoisotopic (exact) mass is 316 g/mol. The first-order valence-electron chi connectivity index (χ1n) is 6.71. The van der Waals surface area contributed by atoms with Gasteiger partial charge in [0.2, 0.25) is 0 Å². The van der Waals surface area contributed by atoms with Crippen LogP contribution in [-0.4, -0.2) is 47.7 Å². The van der Waals surface area contributed by atoms with E-state index in [0.717, 1.165) is 0 Å². The second-order valence-corrected chi connectivity index (χ2v) is 7.55. The molecule has 0 aromatic heterocycles. The Kier molecular flexibility index (Phi) is 4.41. The lowest BCUT2D eigenvalue weighted by Crippen LogP contribution is -2.42. The smallest absolute Gasteiger partial charge is 0.183 e. The van der Waals surface area contributed by atoms with Gasteiger partial charge in [0.15, 0.2) is 21.9 Å². The summed E-state index contributed by atoms with van der Waals surface area (Å²) in [5.41, 5.74) is 0. The van der Waals surface area contributed by atoms with Gasteiger partial charge in [0, 0.05) is 5.92 Å². The molecule has 6 nitrogen and oxygen atoms in total. The van der Waals surface area contributed by atoms with Crippen molar-refractivity contribution < 1.29 is 28.5 Å². The molecule has 2 rings (SSSR count). The molecule has 4 atom stereocenters. The van der Waals surface area contributed by atoms with Crippen LogP contribution in [0.4, 0.5) is 0 Å². The number of rotatable bonds is 4. The lowest BCUT2D eigenvalue weighted by Gasteiger charge is -2.27. The maximum atomic E-state index is 12.4. The summed E-state index contributed by atoms with van der Waals surface area (Å²) in [5.74, 6) is -3.51. The van der Waals surface area contributed by atoms with E-state index < -0.39 is 39.7 Å². The number of ether oxygens (including phenoxy) is 1. The van der Waals surface area contributed by atoms with Crippen LogP contribution in [0.5, 0.6) is 0 Å². The molecule has 7 heteroatoms. The summed E-state index contributed by atoms with van der Waals surface area (Å²) in [6.07, 6.45) is -2.79. The molecule has 1 aromatic carbocycles. The lowest BCUT2D eigenvalue weighted by molar-refractivity contribution is -0.233. The zero-order chi connectivity index (χ0) is 15.8. The van der Waals surface area contributed by atoms with Crippen LogP contribution in [0.25, 0.3) is 0 Å². The fourth-order valence-corrected chi connectivity index (χ4v) is 4.24. The Labute approximate surface area is 123 Å². The molecule has 1 aliphatic heterocycles. The number of hydrogen-bond acceptors (Lipinski definition) is 6. The van der Waals surface area contributed by atoms with E-state index in [-0.39, 0.29) is 10.8 Å². The van der Waals surface area contributed by atoms with Gasteiger partial charge < -0.3 is 20.1 Å². The van der Waals surface area contributed by atoms with Crippen molar-refractivity contribution in [2.45, 2.75) is 36.9 Å². The van der Waals surface area contributed by atoms with Crippen LogP contribution >= 0.6 is 0 Å². The second-order valence-electron chi connectivity index (χ2n) is 5.56. The van der Waals surface area contributed by atoms with Crippen LogP contribution in [0.2, 0.25) is 0 Å². The topological polar surface area (TPSA) is 104 Å². The number of benzene rings is 1. The van der Waals surface area contributed by atoms with Crippen molar-refractivity contribution >= 4 is 9.84 Å². The van der Waals surface area contributed by atoms with Gasteiger partial charge >= 0.3 is 0 Å². The highest BCUT2D eigenvalue weighted by Crippen LogP contribution is 2.41. The Morgan fingerprint density at radius 2 is 1.81 bits per heavy atom. The lowest BCUT2D eigenvalue weighted by atomic mass is 9.89. The van der Waals surface area contributed by atoms with Crippen LogP contribution in [0.3, 0.4) is 0 Å². The van der Waals surface area contributed by atoms with Crippen molar-refractivity contribution in [3.8, 4) is 0 Å². The van der Waals surface area contributed by atoms with Gasteiger partial charge in [0.05, 0.1) is 4.90 Å². The summed E-state index contributed by atoms with van der Waals surface area (Å²) < 4.78 is 30.0. The summed E-state index contributed by atoms with van der Waals surface area (Å²) in [6, 6.07) is 7.78. The first-order chi connectivity index (χ1) is 9.67. The number of sulfone groups is 1. The summed E-state index contributed by atoms with van der Waals surface area (Å²) in [5, 5.41) is 29.0. The standard InChI is InChI=1S/C14H20O6S/c1-9-10(2)14(17,20-12(9)13(15)16)8-21(18,19)11-6-4-3-5-7-11/h3-7,9-10,12-13,15-17H,8H2,1-2H3/t9?,10?,12-,14-/m1/s1. The van der Waals surface area contributed by atoms with Gasteiger partial charge in [-0.25, -0.2) is 8.42 Å². The minimum absolute atomic E-state index is 0.0925. The maximum Gasteiger partial charge on any atom is 0.183 e. The van der Waals surface area contributed by atoms with E-state index in [0.29, 0.717) is 0 Å². The molecule has 118 valence electrons. The van der Waals surface area contributed by atoms with E-state index in [2.05, 4.69) is 0 Å². The van der Waals surface area contributed by atoms with Gasteiger partial charge in [-0.3, -0.25) is 0 Å². The van der Waals surface area contributed by atoms with Gasteiger partial charge in [-0.1, -0.05) is 32.0 Å². The molecule has 1 heterocycles. The van der Waals surface area contributed by atoms with Crippen molar-refractivity contribution in [3.05, 3.63) is 30.3 Å². The molecule has 0 bridgehead atoms. The molecule has 0 saturated carbocycles. The van der Waals surface area contributed by atoms with Gasteiger partial charge in [0.1, 0.15) is 11.9 Å². The zero-order valence-corrected chi connectivity index (χ0v) is 12.7. The highest BCUT2D eigenvalue weighted by Gasteiger charge is 2.53. The second kappa shape index (κ2) is 5.66. The molecule has 1 fully saturated rings. The van der Waals surface area contributed by atoms with E-state index in [1.165, 1.54) is 12.1 Å². The fourth-order valence-electron chi connectivity index (χ4n) is 2.63. The molecular formula is C14H20O6S. The van der Waals surface area contributed by atoms with Gasteiger partial charge in [-0.15, -0.1) is 0 Å². The van der Waals surface area contributed by atoms with Crippen molar-refractivity contribution in [2.75, 3.05) is 5.75 Å². The van der Waals surface area contributed by atoms with Crippen LogP contribution in [0, 0.1) is 11.8 Å². The highest BCUT2D eigenvalue weighted by molar-refractivity contribution is 7.91. The summed E-state index contributed by atoms with van der Waals surface area (Å²) in [6.45, 7) is 3.31. The predicted molar refractivity (Wildman–Crippen MR) is 74.9 cm³/mol. The Morgan fingerprint density at radius 3 is 2.29 bits per heavy atom. The van der Waals surface area contributed by atoms with Gasteiger partial charge in [-0.2, -0.15) is 0 Å². The Morgan fingerprint density at radius 1 is 1.24 bits per heavy atom. The molecule has 21 heavy (non-hydrogen) atoms. The van der Waals surface area contributed by atoms with Crippen molar-refractivity contribution in [2.24, 2.45) is 11.8 Å². The molecule has 0 spiro atoms. The Balaban J connectivity index is 2.26. The Hall–Kier alpha value is -0.990. The number of aliphatic hydroxyl groups is 3. The summed E-state index contributed by atoms with van der Waals surface area (Å²) >= 11 is 0. The van der Waals surface area contributed by atoms with E-state index in [9.17, 15) is 23.7 Å². The number of hydrogen-bond donors (Lipinski definition) is 3. The van der Waals surface area contributed by atoms with E-state index in [1.807, 2.05) is 0 Å². The molecule has 0 aliphatic carbocycles. The third-order valence-corrected chi connectivity index (χ3v) is 5.94. The molecule has 0 amide bonds. The van der Waals surface area contributed by atoms with E-state index in [1.54, 1.807) is 32.0 Å². The van der Waals surface area contributed by atoms with Crippen molar-refractivity contribution in [1.29, 1.82) is 0 Å². The normalized spacial score (nSPS) is 33.5. The van der Waals surface area contributed by atoms with Crippen LogP contribution < -0.4 is 0 Å². The molecule has 3 N–H and O–H groups in total. The molecule has 2 unspecified atom stereocenters. The van der Waals surface area contributed by atoms with Crippen LogP contribution in [-0.2, 0) is 14.6 Å². The predicted octanol–water partition coefficient (Wildman–Crippen LogP) is 0.131. The van der Waals surface area contributed by atoms with Crippen LogP contribution in [0.15, 0.2) is 35.2 Å². The van der Waals surface area contributed by atoms with E-state index >= 15 is 0 Å². The third kappa shape index (κ3) is 3.12. The summed E-state index contributed by atoms with van der Waals surface area (Å²) in [7, 11) is -3.75. The van der Waals surface area contributed by atoms with E-state index in [4.69, 9.17) is 4.74 Å². The Bertz CT molecular complexity index is 585. The first kappa shape index (κ1) is 16.4. The first-order valence-corrected chi connectivity index (χ1v) is 8.37. The van der Waals surface area contributed by atoms with Crippen LogP contribution in [0.1, 0.15) is 13.8 Å². The largest absolute Gasteiger partial charge is 0.366 e. The average Bonchev–Trinajstić information content (AvgIpc) is 2.64. The maximum absolute atomic E-state index is 12.4. The molecular weight excluding hydrogens is 296 g/mol. The average molecular weight is 316 g/mol. The zero-order valence-electron chi connectivity index (χ0n) is 11.9. The third-order valence-electron chi connectivity index (χ3n) is 4.15. The van der Waals surface area contributed by atoms with Crippen molar-refractivity contribution in [1.82, 2.24) is 0 Å². The minimum Gasteiger partial charge on any atom is -0.366 e. The molecule has 1 aromatic rings. The quantitative estimate of drug-likeness (QED) is 0.682. The van der Waals surface area contributed by atoms with Gasteiger partial charge in [-0.05, 0) is 18.1 Å². The minimum atomic E-state index is -3.75. The molecule has 1 aliphatic rings. The molecule has 1 saturated heterocycles. The summed E-state index contributed by atoms with van der Waals surface area (Å²) in [4.78, 5) is 0.0925.